The van der Waals surface area contributed by atoms with Gasteiger partial charge in [-0.3, -0.25) is 4.79 Å². The van der Waals surface area contributed by atoms with Crippen LogP contribution in [0, 0.1) is 0 Å². The summed E-state index contributed by atoms with van der Waals surface area (Å²) < 4.78 is 27.9. The first-order valence-corrected chi connectivity index (χ1v) is 10.3. The monoisotopic (exact) mass is 464 g/mol. The number of carbonyl (C=O) groups excluding carboxylic acids is 1. The number of hydrogen-bond acceptors (Lipinski definition) is 9. The van der Waals surface area contributed by atoms with E-state index in [1.807, 2.05) is 18.2 Å². The normalized spacial score (nSPS) is 10.6. The van der Waals surface area contributed by atoms with Gasteiger partial charge in [0.2, 0.25) is 11.7 Å². The van der Waals surface area contributed by atoms with Crippen LogP contribution < -0.4 is 24.3 Å². The minimum atomic E-state index is -0.437. The summed E-state index contributed by atoms with van der Waals surface area (Å²) in [6, 6.07) is 14.0. The molecule has 0 radical (unpaired) electrons. The van der Waals surface area contributed by atoms with E-state index in [1.54, 1.807) is 43.7 Å². The second-order valence-corrected chi connectivity index (χ2v) is 7.05. The van der Waals surface area contributed by atoms with E-state index in [1.165, 1.54) is 26.0 Å². The number of anilines is 1. The number of rotatable bonds is 9. The van der Waals surface area contributed by atoms with Gasteiger partial charge in [0.15, 0.2) is 17.3 Å². The lowest BCUT2D eigenvalue weighted by atomic mass is 10.1. The van der Waals surface area contributed by atoms with Crippen molar-refractivity contribution in [2.24, 2.45) is 0 Å². The van der Waals surface area contributed by atoms with Gasteiger partial charge in [-0.05, 0) is 48.5 Å². The summed E-state index contributed by atoms with van der Waals surface area (Å²) in [6.07, 6.45) is 1.57. The fourth-order valence-corrected chi connectivity index (χ4v) is 3.34. The van der Waals surface area contributed by atoms with Gasteiger partial charge in [0.25, 0.3) is 5.91 Å². The van der Waals surface area contributed by atoms with E-state index in [9.17, 15) is 4.79 Å². The molecule has 34 heavy (non-hydrogen) atoms. The van der Waals surface area contributed by atoms with Crippen molar-refractivity contribution in [3.05, 3.63) is 66.1 Å². The molecule has 0 amide bonds. The molecule has 0 aliphatic heterocycles. The Morgan fingerprint density at radius 1 is 0.971 bits per heavy atom. The topological polar surface area (TPSA) is 110 Å². The fourth-order valence-electron chi connectivity index (χ4n) is 3.34. The molecular formula is C24H24N4O6. The molecule has 2 aromatic heterocycles. The third-order valence-electron chi connectivity index (χ3n) is 5.06. The molecule has 0 saturated heterocycles. The van der Waals surface area contributed by atoms with E-state index in [0.717, 1.165) is 5.56 Å². The lowest BCUT2D eigenvalue weighted by molar-refractivity contribution is 0.0946. The van der Waals surface area contributed by atoms with E-state index in [0.29, 0.717) is 41.1 Å². The molecule has 0 spiro atoms. The fraction of sp³-hybridized carbons (Fsp3) is 0.208. The number of furan rings is 1. The van der Waals surface area contributed by atoms with Gasteiger partial charge in [0.05, 0.1) is 41.2 Å². The van der Waals surface area contributed by atoms with Crippen molar-refractivity contribution in [2.75, 3.05) is 33.8 Å². The van der Waals surface area contributed by atoms with Crippen LogP contribution in [0.5, 0.6) is 23.0 Å². The summed E-state index contributed by atoms with van der Waals surface area (Å²) in [5.74, 6) is 2.65. The number of hydrogen-bond donors (Lipinski definition) is 1. The maximum Gasteiger partial charge on any atom is 0.281 e. The molecule has 0 unspecified atom stereocenters. The van der Waals surface area contributed by atoms with E-state index in [2.05, 4.69) is 15.4 Å². The van der Waals surface area contributed by atoms with Gasteiger partial charge in [-0.1, -0.05) is 0 Å². The van der Waals surface area contributed by atoms with E-state index in [-0.39, 0.29) is 11.5 Å². The molecule has 2 heterocycles. The minimum Gasteiger partial charge on any atom is -0.497 e. The zero-order valence-corrected chi connectivity index (χ0v) is 19.2. The van der Waals surface area contributed by atoms with Crippen LogP contribution >= 0.6 is 0 Å². The highest BCUT2D eigenvalue weighted by Crippen LogP contribution is 2.38. The standard InChI is InChI=1S/C24H24N4O6/c1-30-17-9-7-15(8-10-17)22-26-24(25-14-18-6-5-11-34-18)28(27-22)23(29)16-12-19(31-2)21(33-4)20(13-16)32-3/h5-13H,14H2,1-4H3,(H,25,26,27). The first-order chi connectivity index (χ1) is 16.6. The average Bonchev–Trinajstić information content (AvgIpc) is 3.56. The van der Waals surface area contributed by atoms with Gasteiger partial charge in [0.1, 0.15) is 11.5 Å². The molecule has 2 aromatic carbocycles. The van der Waals surface area contributed by atoms with Crippen LogP contribution in [0.25, 0.3) is 11.4 Å². The number of aromatic nitrogens is 3. The highest BCUT2D eigenvalue weighted by Gasteiger charge is 2.23. The van der Waals surface area contributed by atoms with Crippen molar-refractivity contribution in [1.82, 2.24) is 14.8 Å². The van der Waals surface area contributed by atoms with Gasteiger partial charge in [-0.25, -0.2) is 0 Å². The zero-order chi connectivity index (χ0) is 24.1. The van der Waals surface area contributed by atoms with Crippen LogP contribution in [0.1, 0.15) is 16.1 Å². The third-order valence-corrected chi connectivity index (χ3v) is 5.06. The number of benzene rings is 2. The van der Waals surface area contributed by atoms with Crippen LogP contribution in [0.2, 0.25) is 0 Å². The number of nitrogens with zero attached hydrogens (tertiary/aromatic N) is 3. The third kappa shape index (κ3) is 4.51. The molecule has 4 aromatic rings. The Labute approximate surface area is 196 Å². The van der Waals surface area contributed by atoms with Gasteiger partial charge in [-0.15, -0.1) is 5.10 Å². The molecule has 0 atom stereocenters. The lowest BCUT2D eigenvalue weighted by Crippen LogP contribution is -2.18. The van der Waals surface area contributed by atoms with Crippen LogP contribution in [-0.2, 0) is 6.54 Å². The Morgan fingerprint density at radius 2 is 1.68 bits per heavy atom. The molecule has 176 valence electrons. The molecule has 0 bridgehead atoms. The summed E-state index contributed by atoms with van der Waals surface area (Å²) in [7, 11) is 6.06. The van der Waals surface area contributed by atoms with Gasteiger partial charge in [0, 0.05) is 11.1 Å². The first kappa shape index (κ1) is 22.7. The molecule has 10 heteroatoms. The molecular weight excluding hydrogens is 440 g/mol. The smallest absolute Gasteiger partial charge is 0.281 e. The number of nitrogens with one attached hydrogen (secondary N) is 1. The first-order valence-electron chi connectivity index (χ1n) is 10.3. The van der Waals surface area contributed by atoms with Crippen molar-refractivity contribution >= 4 is 11.9 Å². The molecule has 4 rings (SSSR count). The van der Waals surface area contributed by atoms with Crippen LogP contribution in [0.4, 0.5) is 5.95 Å². The number of carbonyl (C=O) groups is 1. The van der Waals surface area contributed by atoms with Gasteiger partial charge in [-0.2, -0.15) is 9.67 Å². The van der Waals surface area contributed by atoms with Crippen LogP contribution in [0.15, 0.2) is 59.2 Å². The van der Waals surface area contributed by atoms with Crippen LogP contribution in [0.3, 0.4) is 0 Å². The molecule has 0 aliphatic carbocycles. The summed E-state index contributed by atoms with van der Waals surface area (Å²) in [5.41, 5.74) is 1.00. The number of ether oxygens (including phenoxy) is 4. The maximum absolute atomic E-state index is 13.5. The predicted molar refractivity (Wildman–Crippen MR) is 124 cm³/mol. The van der Waals surface area contributed by atoms with Crippen molar-refractivity contribution in [1.29, 1.82) is 0 Å². The van der Waals surface area contributed by atoms with Crippen molar-refractivity contribution < 1.29 is 28.2 Å². The van der Waals surface area contributed by atoms with Crippen LogP contribution in [-0.4, -0.2) is 49.1 Å². The predicted octanol–water partition coefficient (Wildman–Crippen LogP) is 3.87. The number of methoxy groups -OCH3 is 4. The molecule has 0 fully saturated rings. The summed E-state index contributed by atoms with van der Waals surface area (Å²) in [6.45, 7) is 0.316. The molecule has 0 saturated carbocycles. The Hall–Kier alpha value is -4.47. The maximum atomic E-state index is 13.5. The highest BCUT2D eigenvalue weighted by atomic mass is 16.5. The molecule has 0 aliphatic rings. The Morgan fingerprint density at radius 3 is 2.24 bits per heavy atom. The molecule has 1 N–H and O–H groups in total. The lowest BCUT2D eigenvalue weighted by Gasteiger charge is -2.14. The summed E-state index contributed by atoms with van der Waals surface area (Å²) in [4.78, 5) is 18.1. The Kier molecular flexibility index (Phi) is 6.67. The van der Waals surface area contributed by atoms with Crippen molar-refractivity contribution in [3.63, 3.8) is 0 Å². The summed E-state index contributed by atoms with van der Waals surface area (Å²) in [5, 5.41) is 7.60. The van der Waals surface area contributed by atoms with E-state index in [4.69, 9.17) is 23.4 Å². The second kappa shape index (κ2) is 9.99. The SMILES string of the molecule is COc1ccc(-c2nc(NCc3ccco3)n(C(=O)c3cc(OC)c(OC)c(OC)c3)n2)cc1. The quantitative estimate of drug-likeness (QED) is 0.395. The zero-order valence-electron chi connectivity index (χ0n) is 19.2. The largest absolute Gasteiger partial charge is 0.497 e. The summed E-state index contributed by atoms with van der Waals surface area (Å²) >= 11 is 0. The molecule has 10 nitrogen and oxygen atoms in total. The second-order valence-electron chi connectivity index (χ2n) is 7.05. The minimum absolute atomic E-state index is 0.251. The van der Waals surface area contributed by atoms with Gasteiger partial charge >= 0.3 is 0 Å². The van der Waals surface area contributed by atoms with E-state index < -0.39 is 5.91 Å². The van der Waals surface area contributed by atoms with Crippen molar-refractivity contribution in [2.45, 2.75) is 6.54 Å². The highest BCUT2D eigenvalue weighted by molar-refractivity contribution is 5.98. The van der Waals surface area contributed by atoms with E-state index >= 15 is 0 Å². The Balaban J connectivity index is 1.75. The van der Waals surface area contributed by atoms with Gasteiger partial charge < -0.3 is 28.7 Å². The Bertz CT molecular complexity index is 1240. The average molecular weight is 464 g/mol. The van der Waals surface area contributed by atoms with Crippen molar-refractivity contribution in [3.8, 4) is 34.4 Å².